The standard InChI is InChI=1S/C70H45N9/c1-6-24-48(25-7-1)75-63-44-46(67-71-55-34-16-20-38-59(55)76(67)49-26-8-2-9-27-49)42-53(69-73-57-36-18-22-40-61(57)78(69)51-30-12-4-13-31-51)65(63)66-54(70-74-58-37-19-23-41-62(58)79(70)52-32-14-5-15-33-52)43-47(45-64(66)75)68-72-56-35-17-21-39-60(56)77(68)50-28-10-3-11-29-50/h1-45H. The second-order valence-corrected chi connectivity index (χ2v) is 19.9. The normalized spacial score (nSPS) is 11.8. The molecule has 0 unspecified atom stereocenters. The van der Waals surface area contributed by atoms with Crippen molar-refractivity contribution >= 4 is 65.9 Å². The average molecular weight is 1010 g/mol. The van der Waals surface area contributed by atoms with Gasteiger partial charge in [0.1, 0.15) is 23.3 Å². The molecule has 0 saturated heterocycles. The van der Waals surface area contributed by atoms with Crippen molar-refractivity contribution in [1.29, 1.82) is 0 Å². The number of hydrogen-bond acceptors (Lipinski definition) is 4. The number of para-hydroxylation sites is 13. The van der Waals surface area contributed by atoms with Gasteiger partial charge in [0, 0.05) is 61.5 Å². The van der Waals surface area contributed by atoms with Gasteiger partial charge in [-0.1, -0.05) is 140 Å². The monoisotopic (exact) mass is 1010 g/mol. The number of rotatable bonds is 9. The van der Waals surface area contributed by atoms with Gasteiger partial charge < -0.3 is 4.57 Å². The number of nitrogens with zero attached hydrogens (tertiary/aromatic N) is 9. The molecule has 0 radical (unpaired) electrons. The Bertz CT molecular complexity index is 4690. The fourth-order valence-electron chi connectivity index (χ4n) is 11.9. The Morgan fingerprint density at radius 3 is 0.747 bits per heavy atom. The van der Waals surface area contributed by atoms with Crippen molar-refractivity contribution in [3.63, 3.8) is 0 Å². The molecule has 5 heterocycles. The summed E-state index contributed by atoms with van der Waals surface area (Å²) in [5, 5.41) is 2.03. The maximum absolute atomic E-state index is 5.69. The minimum absolute atomic E-state index is 0.797. The van der Waals surface area contributed by atoms with E-state index in [1.54, 1.807) is 0 Å². The summed E-state index contributed by atoms with van der Waals surface area (Å²) in [6.07, 6.45) is 0. The van der Waals surface area contributed by atoms with Crippen molar-refractivity contribution in [3.05, 3.63) is 273 Å². The van der Waals surface area contributed by atoms with Gasteiger partial charge in [-0.2, -0.15) is 0 Å². The van der Waals surface area contributed by atoms with Crippen LogP contribution in [0.25, 0.3) is 140 Å². The SMILES string of the molecule is c1ccc(-n2c(-c3cc(-c4nc5ccccc5n4-c4ccccc4)c4c5c(-c6nc7ccccc7n6-c6ccccc6)cc(-c6nc7ccccc7n6-c6ccccc6)cc5n(-c5ccccc5)c4c3)nc3ccccc32)cc1. The summed E-state index contributed by atoms with van der Waals surface area (Å²) in [6.45, 7) is 0. The Balaban J connectivity index is 1.14. The zero-order valence-corrected chi connectivity index (χ0v) is 42.5. The molecule has 0 atom stereocenters. The van der Waals surface area contributed by atoms with Crippen LogP contribution in [0.2, 0.25) is 0 Å². The predicted molar refractivity (Wildman–Crippen MR) is 321 cm³/mol. The van der Waals surface area contributed by atoms with E-state index in [4.69, 9.17) is 19.9 Å². The van der Waals surface area contributed by atoms with Crippen molar-refractivity contribution in [3.8, 4) is 74.0 Å². The number of benzene rings is 11. The zero-order chi connectivity index (χ0) is 52.0. The third-order valence-corrected chi connectivity index (χ3v) is 15.3. The van der Waals surface area contributed by atoms with Crippen molar-refractivity contribution < 1.29 is 0 Å². The largest absolute Gasteiger partial charge is 0.309 e. The summed E-state index contributed by atoms with van der Waals surface area (Å²) in [4.78, 5) is 22.4. The quantitative estimate of drug-likeness (QED) is 0.144. The number of hydrogen-bond donors (Lipinski definition) is 0. The first-order valence-electron chi connectivity index (χ1n) is 26.6. The van der Waals surface area contributed by atoms with Crippen LogP contribution in [0.15, 0.2) is 273 Å². The van der Waals surface area contributed by atoms with Gasteiger partial charge in [0.15, 0.2) is 0 Å². The molecule has 0 spiro atoms. The van der Waals surface area contributed by atoms with E-state index in [1.807, 2.05) is 0 Å². The molecule has 79 heavy (non-hydrogen) atoms. The van der Waals surface area contributed by atoms with Crippen molar-refractivity contribution in [2.45, 2.75) is 0 Å². The van der Waals surface area contributed by atoms with Crippen molar-refractivity contribution in [2.75, 3.05) is 0 Å². The fourth-order valence-corrected chi connectivity index (χ4v) is 11.9. The molecule has 0 aliphatic carbocycles. The molecular weight excluding hydrogens is 967 g/mol. The van der Waals surface area contributed by atoms with Crippen LogP contribution in [0.4, 0.5) is 0 Å². The van der Waals surface area contributed by atoms with E-state index in [9.17, 15) is 0 Å². The molecule has 16 aromatic rings. The maximum atomic E-state index is 5.69. The Morgan fingerprint density at radius 2 is 0.443 bits per heavy atom. The van der Waals surface area contributed by atoms with Crippen LogP contribution < -0.4 is 0 Å². The van der Waals surface area contributed by atoms with Crippen LogP contribution in [0, 0.1) is 0 Å². The Kier molecular flexibility index (Phi) is 10.0. The van der Waals surface area contributed by atoms with E-state index in [2.05, 4.69) is 296 Å². The van der Waals surface area contributed by atoms with E-state index < -0.39 is 0 Å². The Labute approximate surface area is 453 Å². The minimum Gasteiger partial charge on any atom is -0.309 e. The molecule has 0 amide bonds. The Morgan fingerprint density at radius 1 is 0.203 bits per heavy atom. The van der Waals surface area contributed by atoms with Gasteiger partial charge in [-0.25, -0.2) is 19.9 Å². The van der Waals surface area contributed by atoms with Crippen LogP contribution in [-0.2, 0) is 0 Å². The molecule has 9 nitrogen and oxygen atoms in total. The second kappa shape index (κ2) is 17.9. The second-order valence-electron chi connectivity index (χ2n) is 19.9. The summed E-state index contributed by atoms with van der Waals surface area (Å²) < 4.78 is 11.6. The lowest BCUT2D eigenvalue weighted by Gasteiger charge is -2.16. The van der Waals surface area contributed by atoms with Gasteiger partial charge in [0.2, 0.25) is 0 Å². The van der Waals surface area contributed by atoms with E-state index in [0.717, 1.165) is 140 Å². The summed E-state index contributed by atoms with van der Waals surface area (Å²) >= 11 is 0. The first kappa shape index (κ1) is 44.4. The fraction of sp³-hybridized carbons (Fsp3) is 0. The molecule has 16 rings (SSSR count). The van der Waals surface area contributed by atoms with Gasteiger partial charge in [-0.3, -0.25) is 18.3 Å². The summed E-state index contributed by atoms with van der Waals surface area (Å²) in [6, 6.07) is 96.0. The summed E-state index contributed by atoms with van der Waals surface area (Å²) in [7, 11) is 0. The number of fused-ring (bicyclic) bond motifs is 7. The van der Waals surface area contributed by atoms with Gasteiger partial charge in [-0.15, -0.1) is 0 Å². The maximum Gasteiger partial charge on any atom is 0.146 e. The molecule has 0 N–H and O–H groups in total. The van der Waals surface area contributed by atoms with Crippen LogP contribution in [0.1, 0.15) is 0 Å². The third kappa shape index (κ3) is 7.03. The van der Waals surface area contributed by atoms with Crippen molar-refractivity contribution in [2.24, 2.45) is 0 Å². The highest BCUT2D eigenvalue weighted by molar-refractivity contribution is 6.22. The first-order valence-corrected chi connectivity index (χ1v) is 26.6. The zero-order valence-electron chi connectivity index (χ0n) is 42.5. The van der Waals surface area contributed by atoms with E-state index in [0.29, 0.717) is 0 Å². The van der Waals surface area contributed by atoms with Gasteiger partial charge >= 0.3 is 0 Å². The average Bonchev–Trinajstić information content (AvgIpc) is 3.98. The Hall–Kier alpha value is -10.9. The molecule has 0 aliphatic heterocycles. The highest BCUT2D eigenvalue weighted by Crippen LogP contribution is 2.48. The molecule has 0 bridgehead atoms. The van der Waals surface area contributed by atoms with Gasteiger partial charge in [-0.05, 0) is 133 Å². The molecule has 0 fully saturated rings. The molecule has 11 aromatic carbocycles. The number of aromatic nitrogens is 9. The topological polar surface area (TPSA) is 76.2 Å². The van der Waals surface area contributed by atoms with Crippen LogP contribution in [-0.4, -0.2) is 42.8 Å². The van der Waals surface area contributed by atoms with E-state index in [-0.39, 0.29) is 0 Å². The summed E-state index contributed by atoms with van der Waals surface area (Å²) in [5.74, 6) is 3.22. The van der Waals surface area contributed by atoms with Crippen LogP contribution in [0.3, 0.4) is 0 Å². The smallest absolute Gasteiger partial charge is 0.146 e. The molecule has 5 aromatic heterocycles. The lowest BCUT2D eigenvalue weighted by molar-refractivity contribution is 1.09. The highest BCUT2D eigenvalue weighted by Gasteiger charge is 2.30. The van der Waals surface area contributed by atoms with Gasteiger partial charge in [0.05, 0.1) is 55.2 Å². The molecule has 9 heteroatoms. The van der Waals surface area contributed by atoms with Crippen LogP contribution >= 0.6 is 0 Å². The predicted octanol–water partition coefficient (Wildman–Crippen LogP) is 16.8. The number of imidazole rings is 4. The first-order chi connectivity index (χ1) is 39.2. The van der Waals surface area contributed by atoms with Gasteiger partial charge in [0.25, 0.3) is 0 Å². The van der Waals surface area contributed by atoms with E-state index >= 15 is 0 Å². The molecular formula is C70H45N9. The minimum atomic E-state index is 0.797. The van der Waals surface area contributed by atoms with E-state index in [1.165, 1.54) is 0 Å². The van der Waals surface area contributed by atoms with Crippen LogP contribution in [0.5, 0.6) is 0 Å². The lowest BCUT2D eigenvalue weighted by Crippen LogP contribution is -2.01. The molecule has 0 aliphatic rings. The third-order valence-electron chi connectivity index (χ3n) is 15.3. The highest BCUT2D eigenvalue weighted by atomic mass is 15.1. The lowest BCUT2D eigenvalue weighted by atomic mass is 9.96. The summed E-state index contributed by atoms with van der Waals surface area (Å²) in [5.41, 5.74) is 18.3. The van der Waals surface area contributed by atoms with Crippen molar-refractivity contribution in [1.82, 2.24) is 42.8 Å². The molecule has 0 saturated carbocycles. The molecule has 370 valence electrons.